The first-order chi connectivity index (χ1) is 12.7. The molecule has 4 N–H and O–H groups in total. The number of nitrogens with two attached hydrogens (primary N) is 1. The van der Waals surface area contributed by atoms with E-state index in [1.54, 1.807) is 11.6 Å². The number of aryl methyl sites for hydroxylation is 1. The molecule has 0 saturated carbocycles. The smallest absolute Gasteiger partial charge is 0.238 e. The molecule has 0 amide bonds. The van der Waals surface area contributed by atoms with Crippen LogP contribution in [0.15, 0.2) is 62.1 Å². The van der Waals surface area contributed by atoms with Gasteiger partial charge in [-0.25, -0.2) is 13.6 Å². The molecule has 2 aromatic carbocycles. The molecule has 0 saturated heterocycles. The summed E-state index contributed by atoms with van der Waals surface area (Å²) < 4.78 is 24.9. The number of sulfonamides is 1. The Morgan fingerprint density at radius 1 is 1.26 bits per heavy atom. The second kappa shape index (κ2) is 7.35. The highest BCUT2D eigenvalue weighted by molar-refractivity contribution is 9.10. The van der Waals surface area contributed by atoms with Crippen molar-refractivity contribution in [2.75, 3.05) is 5.32 Å². The maximum Gasteiger partial charge on any atom is 0.238 e. The van der Waals surface area contributed by atoms with Crippen LogP contribution in [0.4, 0.5) is 11.4 Å². The van der Waals surface area contributed by atoms with Gasteiger partial charge in [0, 0.05) is 22.6 Å². The average molecular weight is 468 g/mol. The van der Waals surface area contributed by atoms with E-state index in [9.17, 15) is 13.5 Å². The molecule has 0 aliphatic heterocycles. The Hall–Kier alpha value is -2.34. The first-order valence-corrected chi connectivity index (χ1v) is 10.2. The molecule has 1 aromatic heterocycles. The fourth-order valence-corrected chi connectivity index (χ4v) is 3.81. The van der Waals surface area contributed by atoms with Crippen molar-refractivity contribution in [3.8, 4) is 5.88 Å². The summed E-state index contributed by atoms with van der Waals surface area (Å²) in [6.07, 6.45) is 0. The first kappa shape index (κ1) is 19.4. The maximum absolute atomic E-state index is 11.3. The molecule has 0 radical (unpaired) electrons. The van der Waals surface area contributed by atoms with Crippen LogP contribution < -0.4 is 10.5 Å². The molecule has 0 aliphatic carbocycles. The second-order valence-electron chi connectivity index (χ2n) is 5.57. The van der Waals surface area contributed by atoms with Gasteiger partial charge in [0.1, 0.15) is 0 Å². The van der Waals surface area contributed by atoms with Gasteiger partial charge in [0.05, 0.1) is 10.4 Å². The van der Waals surface area contributed by atoms with E-state index in [-0.39, 0.29) is 15.9 Å². The monoisotopic (exact) mass is 467 g/mol. The molecule has 0 atom stereocenters. The summed E-state index contributed by atoms with van der Waals surface area (Å²) in [6, 6.07) is 11.2. The van der Waals surface area contributed by atoms with Crippen molar-refractivity contribution < 1.29 is 13.5 Å². The van der Waals surface area contributed by atoms with Gasteiger partial charge in [0.2, 0.25) is 21.0 Å². The SMILES string of the molecule is Cn1c(O)c(N=NC(=S)Nc2ccc(S(N)(=O)=O)cc2)c2cccc(Br)c21. The summed E-state index contributed by atoms with van der Waals surface area (Å²) in [5, 5.41) is 26.9. The lowest BCUT2D eigenvalue weighted by Gasteiger charge is -2.04. The van der Waals surface area contributed by atoms with Gasteiger partial charge in [-0.05, 0) is 58.5 Å². The molecular formula is C16H14BrN5O3S2. The van der Waals surface area contributed by atoms with Gasteiger partial charge < -0.3 is 15.0 Å². The number of fused-ring (bicyclic) bond motifs is 1. The molecule has 3 aromatic rings. The maximum atomic E-state index is 11.3. The number of benzene rings is 2. The van der Waals surface area contributed by atoms with Gasteiger partial charge in [0.15, 0.2) is 5.69 Å². The third kappa shape index (κ3) is 4.00. The van der Waals surface area contributed by atoms with Gasteiger partial charge in [-0.2, -0.15) is 0 Å². The van der Waals surface area contributed by atoms with Crippen LogP contribution in [0.1, 0.15) is 0 Å². The lowest BCUT2D eigenvalue weighted by Crippen LogP contribution is -2.12. The minimum absolute atomic E-state index is 0.00755. The van der Waals surface area contributed by atoms with Gasteiger partial charge >= 0.3 is 0 Å². The van der Waals surface area contributed by atoms with Gasteiger partial charge in [-0.3, -0.25) is 0 Å². The molecule has 11 heteroatoms. The topological polar surface area (TPSA) is 122 Å². The summed E-state index contributed by atoms with van der Waals surface area (Å²) in [4.78, 5) is -0.00755. The molecule has 0 spiro atoms. The van der Waals surface area contributed by atoms with Gasteiger partial charge in [0.25, 0.3) is 0 Å². The van der Waals surface area contributed by atoms with Crippen molar-refractivity contribution in [2.24, 2.45) is 22.4 Å². The highest BCUT2D eigenvalue weighted by Gasteiger charge is 2.16. The van der Waals surface area contributed by atoms with Crippen molar-refractivity contribution in [1.82, 2.24) is 4.57 Å². The van der Waals surface area contributed by atoms with Crippen LogP contribution >= 0.6 is 28.1 Å². The van der Waals surface area contributed by atoms with Gasteiger partial charge in [-0.15, -0.1) is 10.2 Å². The van der Waals surface area contributed by atoms with E-state index < -0.39 is 10.0 Å². The summed E-state index contributed by atoms with van der Waals surface area (Å²) in [7, 11) is -2.04. The number of aromatic hydroxyl groups is 1. The third-order valence-electron chi connectivity index (χ3n) is 3.78. The first-order valence-electron chi connectivity index (χ1n) is 7.50. The molecule has 0 fully saturated rings. The lowest BCUT2D eigenvalue weighted by atomic mass is 10.2. The largest absolute Gasteiger partial charge is 0.493 e. The van der Waals surface area contributed by atoms with Crippen LogP contribution in [0.2, 0.25) is 0 Å². The van der Waals surface area contributed by atoms with Crippen LogP contribution in [0, 0.1) is 0 Å². The number of halogens is 1. The highest BCUT2D eigenvalue weighted by atomic mass is 79.9. The molecule has 27 heavy (non-hydrogen) atoms. The average Bonchev–Trinajstić information content (AvgIpc) is 2.85. The summed E-state index contributed by atoms with van der Waals surface area (Å²) in [6.45, 7) is 0. The molecule has 0 aliphatic rings. The Kier molecular flexibility index (Phi) is 5.29. The van der Waals surface area contributed by atoms with Crippen LogP contribution in [0.25, 0.3) is 10.9 Å². The standard InChI is InChI=1S/C16H14BrN5O3S2/c1-22-14-11(3-2-4-12(14)17)13(15(22)23)20-21-16(26)19-9-5-7-10(8-6-9)27(18,24)25/h2-8,23H,1H3,(H,19,26)(H2,18,24,25). The number of hydrogen-bond donors (Lipinski definition) is 3. The fraction of sp³-hybridized carbons (Fsp3) is 0.0625. The predicted molar refractivity (Wildman–Crippen MR) is 111 cm³/mol. The van der Waals surface area contributed by atoms with Crippen LogP contribution in [0.5, 0.6) is 5.88 Å². The minimum atomic E-state index is -3.76. The third-order valence-corrected chi connectivity index (χ3v) is 5.53. The zero-order valence-electron chi connectivity index (χ0n) is 13.9. The number of thiocarbonyl (C=S) groups is 1. The molecule has 1 heterocycles. The number of nitrogens with zero attached hydrogens (tertiary/aromatic N) is 3. The van der Waals surface area contributed by atoms with E-state index >= 15 is 0 Å². The molecular weight excluding hydrogens is 454 g/mol. The Morgan fingerprint density at radius 3 is 2.56 bits per heavy atom. The molecule has 140 valence electrons. The van der Waals surface area contributed by atoms with Crippen LogP contribution in [-0.4, -0.2) is 23.2 Å². The number of hydrogen-bond acceptors (Lipinski definition) is 5. The Bertz CT molecular complexity index is 1170. The summed E-state index contributed by atoms with van der Waals surface area (Å²) >= 11 is 8.57. The van der Waals surface area contributed by atoms with Crippen LogP contribution in [-0.2, 0) is 17.1 Å². The molecule has 0 unspecified atom stereocenters. The normalized spacial score (nSPS) is 12.0. The fourth-order valence-electron chi connectivity index (χ4n) is 2.50. The van der Waals surface area contributed by atoms with Crippen molar-refractivity contribution in [3.05, 3.63) is 46.9 Å². The number of para-hydroxylation sites is 1. The summed E-state index contributed by atoms with van der Waals surface area (Å²) in [5.74, 6) is -0.0408. The highest BCUT2D eigenvalue weighted by Crippen LogP contribution is 2.40. The van der Waals surface area contributed by atoms with E-state index in [1.165, 1.54) is 24.3 Å². The molecule has 3 rings (SSSR count). The van der Waals surface area contributed by atoms with Crippen molar-refractivity contribution in [3.63, 3.8) is 0 Å². The Balaban J connectivity index is 1.83. The van der Waals surface area contributed by atoms with Crippen molar-refractivity contribution in [2.45, 2.75) is 4.90 Å². The van der Waals surface area contributed by atoms with Crippen LogP contribution in [0.3, 0.4) is 0 Å². The summed E-state index contributed by atoms with van der Waals surface area (Å²) in [5.41, 5.74) is 1.60. The van der Waals surface area contributed by atoms with E-state index in [4.69, 9.17) is 17.4 Å². The van der Waals surface area contributed by atoms with E-state index in [2.05, 4.69) is 31.5 Å². The number of primary sulfonamides is 1. The Morgan fingerprint density at radius 2 is 1.93 bits per heavy atom. The lowest BCUT2D eigenvalue weighted by molar-refractivity contribution is 0.436. The van der Waals surface area contributed by atoms with E-state index in [0.717, 1.165) is 9.99 Å². The minimum Gasteiger partial charge on any atom is -0.493 e. The van der Waals surface area contributed by atoms with E-state index in [1.807, 2.05) is 18.2 Å². The van der Waals surface area contributed by atoms with Crippen molar-refractivity contribution in [1.29, 1.82) is 0 Å². The number of anilines is 1. The molecule has 8 nitrogen and oxygen atoms in total. The zero-order chi connectivity index (χ0) is 19.8. The zero-order valence-corrected chi connectivity index (χ0v) is 17.1. The number of nitrogens with one attached hydrogen (secondary N) is 1. The Labute approximate surface area is 168 Å². The molecule has 0 bridgehead atoms. The quantitative estimate of drug-likeness (QED) is 0.399. The second-order valence-corrected chi connectivity index (χ2v) is 8.37. The number of aromatic nitrogens is 1. The van der Waals surface area contributed by atoms with Crippen molar-refractivity contribution >= 4 is 65.6 Å². The van der Waals surface area contributed by atoms with E-state index in [0.29, 0.717) is 16.8 Å². The number of azo groups is 1. The number of rotatable bonds is 3. The predicted octanol–water partition coefficient (Wildman–Crippen LogP) is 3.77. The van der Waals surface area contributed by atoms with Gasteiger partial charge in [-0.1, -0.05) is 12.1 Å².